The summed E-state index contributed by atoms with van der Waals surface area (Å²) in [6.45, 7) is 6.06. The molecule has 0 fully saturated rings. The Kier molecular flexibility index (Phi) is 3.30. The average molecular weight is 328 g/mol. The summed E-state index contributed by atoms with van der Waals surface area (Å²) < 4.78 is 13.3. The van der Waals surface area contributed by atoms with Crippen LogP contribution in [0.5, 0.6) is 5.75 Å². The first-order valence-electron chi connectivity index (χ1n) is 7.55. The zero-order valence-corrected chi connectivity index (χ0v) is 13.9. The van der Waals surface area contributed by atoms with Crippen molar-refractivity contribution in [1.29, 1.82) is 0 Å². The molecule has 0 N–H and O–H groups in total. The molecule has 0 amide bonds. The number of nitrogens with zero attached hydrogens (tertiary/aromatic N) is 4. The molecule has 6 nitrogen and oxygen atoms in total. The number of rotatable bonds is 4. The number of oxazole rings is 1. The fourth-order valence-corrected chi connectivity index (χ4v) is 3.16. The van der Waals surface area contributed by atoms with Gasteiger partial charge in [0.15, 0.2) is 5.58 Å². The largest absolute Gasteiger partial charge is 0.491 e. The van der Waals surface area contributed by atoms with Crippen LogP contribution in [0.25, 0.3) is 27.6 Å². The van der Waals surface area contributed by atoms with Gasteiger partial charge in [0.2, 0.25) is 10.9 Å². The van der Waals surface area contributed by atoms with E-state index in [9.17, 15) is 0 Å². The first-order valence-corrected chi connectivity index (χ1v) is 8.36. The number of aromatic nitrogens is 4. The minimum absolute atomic E-state index is 0.119. The summed E-state index contributed by atoms with van der Waals surface area (Å²) in [4.78, 5) is 9.90. The second-order valence-corrected chi connectivity index (χ2v) is 6.56. The molecule has 0 unspecified atom stereocenters. The highest BCUT2D eigenvalue weighted by Gasteiger charge is 2.15. The van der Waals surface area contributed by atoms with E-state index in [1.54, 1.807) is 15.9 Å². The lowest BCUT2D eigenvalue weighted by Crippen LogP contribution is -2.04. The van der Waals surface area contributed by atoms with Crippen molar-refractivity contribution >= 4 is 27.4 Å². The smallest absolute Gasteiger partial charge is 0.247 e. The molecule has 118 valence electrons. The van der Waals surface area contributed by atoms with Gasteiger partial charge >= 0.3 is 0 Å². The fraction of sp³-hybridized carbons (Fsp3) is 0.312. The van der Waals surface area contributed by atoms with Crippen molar-refractivity contribution in [1.82, 2.24) is 19.6 Å². The van der Waals surface area contributed by atoms with Crippen LogP contribution in [0, 0.1) is 0 Å². The lowest BCUT2D eigenvalue weighted by atomic mass is 10.3. The minimum Gasteiger partial charge on any atom is -0.491 e. The first-order chi connectivity index (χ1) is 11.1. The normalized spacial score (nSPS) is 11.8. The van der Waals surface area contributed by atoms with Gasteiger partial charge in [-0.15, -0.1) is 0 Å². The van der Waals surface area contributed by atoms with Gasteiger partial charge in [0.25, 0.3) is 0 Å². The van der Waals surface area contributed by atoms with Crippen LogP contribution in [0.2, 0.25) is 0 Å². The van der Waals surface area contributed by atoms with E-state index in [1.807, 2.05) is 38.2 Å². The molecule has 0 aliphatic carbocycles. The fourth-order valence-electron chi connectivity index (χ4n) is 2.35. The number of hydrogen-bond acceptors (Lipinski definition) is 6. The molecule has 7 heteroatoms. The molecule has 0 saturated heterocycles. The Morgan fingerprint density at radius 3 is 2.91 bits per heavy atom. The van der Waals surface area contributed by atoms with Gasteiger partial charge in [-0.05, 0) is 32.4 Å². The molecule has 0 radical (unpaired) electrons. The SMILES string of the molecule is CCc1nn2cc(-c3nc4ccc(OC(C)C)cc4o3)nc2s1. The van der Waals surface area contributed by atoms with E-state index in [1.165, 1.54) is 0 Å². The first kappa shape index (κ1) is 14.2. The van der Waals surface area contributed by atoms with Crippen molar-refractivity contribution < 1.29 is 9.15 Å². The molecule has 4 rings (SSSR count). The van der Waals surface area contributed by atoms with Gasteiger partial charge in [-0.2, -0.15) is 5.10 Å². The van der Waals surface area contributed by atoms with Gasteiger partial charge in [0, 0.05) is 6.07 Å². The number of fused-ring (bicyclic) bond motifs is 2. The molecule has 0 aliphatic heterocycles. The maximum atomic E-state index is 5.84. The van der Waals surface area contributed by atoms with Gasteiger partial charge in [-0.1, -0.05) is 18.3 Å². The van der Waals surface area contributed by atoms with Crippen LogP contribution in [-0.2, 0) is 6.42 Å². The van der Waals surface area contributed by atoms with Crippen molar-refractivity contribution in [3.8, 4) is 17.3 Å². The van der Waals surface area contributed by atoms with Crippen LogP contribution in [-0.4, -0.2) is 25.7 Å². The van der Waals surface area contributed by atoms with E-state index < -0.39 is 0 Å². The Morgan fingerprint density at radius 1 is 1.30 bits per heavy atom. The van der Waals surface area contributed by atoms with Gasteiger partial charge < -0.3 is 9.15 Å². The molecule has 1 aromatic carbocycles. The van der Waals surface area contributed by atoms with Gasteiger partial charge in [0.05, 0.1) is 12.3 Å². The van der Waals surface area contributed by atoms with Crippen LogP contribution in [0.3, 0.4) is 0 Å². The lowest BCUT2D eigenvalue weighted by Gasteiger charge is -2.08. The molecule has 0 atom stereocenters. The van der Waals surface area contributed by atoms with Crippen LogP contribution in [0.4, 0.5) is 0 Å². The Hall–Kier alpha value is -2.41. The highest BCUT2D eigenvalue weighted by Crippen LogP contribution is 2.28. The van der Waals surface area contributed by atoms with Gasteiger partial charge in [0.1, 0.15) is 22.0 Å². The van der Waals surface area contributed by atoms with Gasteiger partial charge in [-0.3, -0.25) is 0 Å². The van der Waals surface area contributed by atoms with E-state index in [0.717, 1.165) is 27.7 Å². The third kappa shape index (κ3) is 2.57. The van der Waals surface area contributed by atoms with Crippen LogP contribution in [0.15, 0.2) is 28.8 Å². The predicted molar refractivity (Wildman–Crippen MR) is 89.0 cm³/mol. The highest BCUT2D eigenvalue weighted by molar-refractivity contribution is 7.16. The minimum atomic E-state index is 0.119. The topological polar surface area (TPSA) is 65.5 Å². The van der Waals surface area contributed by atoms with Gasteiger partial charge in [-0.25, -0.2) is 14.5 Å². The molecule has 23 heavy (non-hydrogen) atoms. The van der Waals surface area contributed by atoms with E-state index in [0.29, 0.717) is 17.2 Å². The summed E-state index contributed by atoms with van der Waals surface area (Å²) >= 11 is 1.58. The third-order valence-electron chi connectivity index (χ3n) is 3.34. The number of ether oxygens (including phenoxy) is 1. The Balaban J connectivity index is 1.73. The van der Waals surface area contributed by atoms with Crippen LogP contribution < -0.4 is 4.74 Å². The zero-order valence-electron chi connectivity index (χ0n) is 13.1. The standard InChI is InChI=1S/C16H16N4O2S/c1-4-14-19-20-8-12(18-16(20)23-14)15-17-11-6-5-10(21-9(2)3)7-13(11)22-15/h5-9H,4H2,1-3H3. The molecule has 4 aromatic rings. The molecular formula is C16H16N4O2S. The Morgan fingerprint density at radius 2 is 2.17 bits per heavy atom. The predicted octanol–water partition coefficient (Wildman–Crippen LogP) is 3.95. The van der Waals surface area contributed by atoms with Crippen molar-refractivity contribution in [3.63, 3.8) is 0 Å². The van der Waals surface area contributed by atoms with E-state index in [2.05, 4.69) is 22.0 Å². The summed E-state index contributed by atoms with van der Waals surface area (Å²) in [6, 6.07) is 5.65. The maximum Gasteiger partial charge on any atom is 0.247 e. The Labute approximate surface area is 136 Å². The Bertz CT molecular complexity index is 951. The monoisotopic (exact) mass is 328 g/mol. The number of aryl methyl sites for hydroxylation is 1. The number of benzene rings is 1. The van der Waals surface area contributed by atoms with Crippen molar-refractivity contribution in [2.75, 3.05) is 0 Å². The zero-order chi connectivity index (χ0) is 16.0. The highest BCUT2D eigenvalue weighted by atomic mass is 32.1. The average Bonchev–Trinajstić information content (AvgIpc) is 3.17. The summed E-state index contributed by atoms with van der Waals surface area (Å²) in [5, 5.41) is 5.52. The molecule has 3 heterocycles. The molecule has 3 aromatic heterocycles. The van der Waals surface area contributed by atoms with Crippen LogP contribution >= 0.6 is 11.3 Å². The molecule has 0 spiro atoms. The summed E-state index contributed by atoms with van der Waals surface area (Å²) in [5.41, 5.74) is 2.17. The summed E-state index contributed by atoms with van der Waals surface area (Å²) in [7, 11) is 0. The summed E-state index contributed by atoms with van der Waals surface area (Å²) in [6.07, 6.45) is 2.88. The summed E-state index contributed by atoms with van der Waals surface area (Å²) in [5.74, 6) is 1.27. The second kappa shape index (κ2) is 5.34. The van der Waals surface area contributed by atoms with Crippen molar-refractivity contribution in [2.45, 2.75) is 33.3 Å². The molecule has 0 saturated carbocycles. The van der Waals surface area contributed by atoms with Crippen molar-refractivity contribution in [3.05, 3.63) is 29.4 Å². The third-order valence-corrected chi connectivity index (χ3v) is 4.41. The quantitative estimate of drug-likeness (QED) is 0.567. The second-order valence-electron chi connectivity index (χ2n) is 5.52. The number of hydrogen-bond donors (Lipinski definition) is 0. The van der Waals surface area contributed by atoms with Crippen LogP contribution in [0.1, 0.15) is 25.8 Å². The number of imidazole rings is 1. The molecule has 0 bridgehead atoms. The molecule has 0 aliphatic rings. The lowest BCUT2D eigenvalue weighted by molar-refractivity contribution is 0.242. The maximum absolute atomic E-state index is 5.84. The molecular weight excluding hydrogens is 312 g/mol. The van der Waals surface area contributed by atoms with E-state index in [-0.39, 0.29) is 6.10 Å². The van der Waals surface area contributed by atoms with E-state index >= 15 is 0 Å². The van der Waals surface area contributed by atoms with E-state index in [4.69, 9.17) is 9.15 Å². The van der Waals surface area contributed by atoms with Crippen molar-refractivity contribution in [2.24, 2.45) is 0 Å².